The highest BCUT2D eigenvalue weighted by Gasteiger charge is 2.27. The summed E-state index contributed by atoms with van der Waals surface area (Å²) in [6.45, 7) is 9.68. The molecule has 51 heavy (non-hydrogen) atoms. The van der Waals surface area contributed by atoms with Crippen LogP contribution in [0.4, 0.5) is 0 Å². The maximum absolute atomic E-state index is 10.6. The van der Waals surface area contributed by atoms with Crippen LogP contribution >= 0.6 is 0 Å². The molecule has 4 rings (SSSR count). The first-order valence-corrected chi connectivity index (χ1v) is 17.4. The molecule has 0 amide bonds. The maximum Gasteiger partial charge on any atom is 0.122 e. The minimum atomic E-state index is -0.811. The van der Waals surface area contributed by atoms with Crippen LogP contribution in [0.15, 0.2) is 97.1 Å². The maximum atomic E-state index is 10.6. The van der Waals surface area contributed by atoms with E-state index in [1.165, 1.54) is 0 Å². The second kappa shape index (κ2) is 18.9. The van der Waals surface area contributed by atoms with Gasteiger partial charge in [0, 0.05) is 25.0 Å². The van der Waals surface area contributed by atoms with E-state index in [9.17, 15) is 15.3 Å². The van der Waals surface area contributed by atoms with Crippen LogP contribution in [0, 0.1) is 0 Å². The van der Waals surface area contributed by atoms with Crippen LogP contribution in [0.2, 0.25) is 0 Å². The Kier molecular flexibility index (Phi) is 14.7. The molecule has 4 aromatic rings. The molecule has 0 spiro atoms. The zero-order valence-corrected chi connectivity index (χ0v) is 30.7. The number of hydrogen-bond acceptors (Lipinski definition) is 9. The number of ether oxygens (including phenoxy) is 6. The normalized spacial score (nSPS) is 14.6. The van der Waals surface area contributed by atoms with E-state index in [0.717, 1.165) is 28.7 Å². The zero-order valence-electron chi connectivity index (χ0n) is 30.7. The minimum Gasteiger partial charge on any atom is -0.491 e. The van der Waals surface area contributed by atoms with E-state index in [0.29, 0.717) is 23.0 Å². The van der Waals surface area contributed by atoms with Crippen molar-refractivity contribution in [3.63, 3.8) is 0 Å². The van der Waals surface area contributed by atoms with Crippen molar-refractivity contribution in [1.29, 1.82) is 0 Å². The quantitative estimate of drug-likeness (QED) is 0.0918. The first-order chi connectivity index (χ1) is 24.5. The molecule has 0 radical (unpaired) electrons. The predicted octanol–water partition coefficient (Wildman–Crippen LogP) is 6.32. The third-order valence-electron chi connectivity index (χ3n) is 9.33. The van der Waals surface area contributed by atoms with Gasteiger partial charge < -0.3 is 43.7 Å². The van der Waals surface area contributed by atoms with Crippen LogP contribution < -0.4 is 18.9 Å². The van der Waals surface area contributed by atoms with Crippen LogP contribution in [0.25, 0.3) is 0 Å². The second-order valence-corrected chi connectivity index (χ2v) is 13.5. The molecule has 0 saturated carbocycles. The molecule has 276 valence electrons. The number of aliphatic hydroxyl groups is 3. The molecule has 3 N–H and O–H groups in total. The SMILES string of the molecule is CCC(C)(c1ccc(OCC(O)COC)cc1)c1ccc(OCC(O)COc2ccc(C(C)(C)c3ccc(OCC(O)COC)cc3)cc2)cc1. The molecule has 0 aliphatic heterocycles. The third-order valence-corrected chi connectivity index (χ3v) is 9.33. The zero-order chi connectivity index (χ0) is 36.9. The van der Waals surface area contributed by atoms with Crippen molar-refractivity contribution in [1.82, 2.24) is 0 Å². The van der Waals surface area contributed by atoms with Crippen LogP contribution in [0.1, 0.15) is 56.4 Å². The van der Waals surface area contributed by atoms with Crippen molar-refractivity contribution in [3.05, 3.63) is 119 Å². The van der Waals surface area contributed by atoms with Gasteiger partial charge in [-0.05, 0) is 77.2 Å². The van der Waals surface area contributed by atoms with Crippen LogP contribution in [0.5, 0.6) is 23.0 Å². The Morgan fingerprint density at radius 3 is 0.941 bits per heavy atom. The highest BCUT2D eigenvalue weighted by atomic mass is 16.5. The Hall–Kier alpha value is -4.12. The van der Waals surface area contributed by atoms with Gasteiger partial charge in [-0.25, -0.2) is 0 Å². The van der Waals surface area contributed by atoms with Crippen LogP contribution in [0.3, 0.4) is 0 Å². The highest BCUT2D eigenvalue weighted by Crippen LogP contribution is 2.37. The summed E-state index contributed by atoms with van der Waals surface area (Å²) in [7, 11) is 3.09. The summed E-state index contributed by atoms with van der Waals surface area (Å²) in [5.74, 6) is 2.72. The lowest BCUT2D eigenvalue weighted by atomic mass is 9.74. The molecule has 9 nitrogen and oxygen atoms in total. The third kappa shape index (κ3) is 11.2. The fraction of sp³-hybridized carbons (Fsp3) is 0.429. The predicted molar refractivity (Wildman–Crippen MR) is 198 cm³/mol. The fourth-order valence-electron chi connectivity index (χ4n) is 5.81. The van der Waals surface area contributed by atoms with E-state index in [2.05, 4.69) is 52.0 Å². The molecule has 4 aromatic carbocycles. The van der Waals surface area contributed by atoms with E-state index < -0.39 is 18.3 Å². The van der Waals surface area contributed by atoms with E-state index >= 15 is 0 Å². The molecule has 9 heteroatoms. The van der Waals surface area contributed by atoms with Crippen molar-refractivity contribution >= 4 is 0 Å². The van der Waals surface area contributed by atoms with Crippen molar-refractivity contribution < 1.29 is 43.7 Å². The highest BCUT2D eigenvalue weighted by molar-refractivity contribution is 5.43. The summed E-state index contributed by atoms with van der Waals surface area (Å²) in [6.07, 6.45) is -1.27. The molecule has 4 unspecified atom stereocenters. The fourth-order valence-corrected chi connectivity index (χ4v) is 5.81. The van der Waals surface area contributed by atoms with Crippen molar-refractivity contribution in [2.75, 3.05) is 53.9 Å². The lowest BCUT2D eigenvalue weighted by Crippen LogP contribution is -2.25. The van der Waals surface area contributed by atoms with Gasteiger partial charge >= 0.3 is 0 Å². The first-order valence-electron chi connectivity index (χ1n) is 17.4. The van der Waals surface area contributed by atoms with Gasteiger partial charge in [0.2, 0.25) is 0 Å². The molecular weight excluding hydrogens is 648 g/mol. The summed E-state index contributed by atoms with van der Waals surface area (Å²) in [6, 6.07) is 31.7. The van der Waals surface area contributed by atoms with E-state index in [-0.39, 0.29) is 50.5 Å². The Balaban J connectivity index is 1.25. The van der Waals surface area contributed by atoms with E-state index in [4.69, 9.17) is 28.4 Å². The first kappa shape index (κ1) is 39.7. The number of methoxy groups -OCH3 is 2. The van der Waals surface area contributed by atoms with Crippen LogP contribution in [-0.2, 0) is 20.3 Å². The number of aliphatic hydroxyl groups excluding tert-OH is 3. The monoisotopic (exact) mass is 702 g/mol. The Morgan fingerprint density at radius 2 is 0.686 bits per heavy atom. The standard InChI is InChI=1S/C42H54O9/c1-7-42(4,32-12-20-39(21-13-32)49-27-35(44)25-47-6)33-14-22-40(23-15-33)51-29-36(45)28-50-38-18-10-31(11-19-38)41(2,3)30-8-16-37(17-9-30)48-26-34(43)24-46-5/h8-23,34-36,43-45H,7,24-29H2,1-6H3. The average Bonchev–Trinajstić information content (AvgIpc) is 3.15. The Labute approximate surface area is 302 Å². The average molecular weight is 703 g/mol. The van der Waals surface area contributed by atoms with Crippen molar-refractivity contribution in [3.8, 4) is 23.0 Å². The van der Waals surface area contributed by atoms with E-state index in [1.54, 1.807) is 14.2 Å². The Bertz CT molecular complexity index is 1570. The molecule has 0 saturated heterocycles. The van der Waals surface area contributed by atoms with Gasteiger partial charge in [-0.2, -0.15) is 0 Å². The van der Waals surface area contributed by atoms with Crippen molar-refractivity contribution in [2.45, 2.75) is 63.3 Å². The van der Waals surface area contributed by atoms with Gasteiger partial charge in [-0.1, -0.05) is 76.2 Å². The molecule has 0 bridgehead atoms. The molecule has 0 fully saturated rings. The van der Waals surface area contributed by atoms with Gasteiger partial charge in [0.05, 0.1) is 13.2 Å². The molecule has 0 aromatic heterocycles. The lowest BCUT2D eigenvalue weighted by molar-refractivity contribution is 0.0325. The van der Waals surface area contributed by atoms with Gasteiger partial charge in [-0.3, -0.25) is 0 Å². The summed E-state index contributed by atoms with van der Waals surface area (Å²) >= 11 is 0. The minimum absolute atomic E-state index is 0.0975. The van der Waals surface area contributed by atoms with E-state index in [1.807, 2.05) is 72.8 Å². The molecule has 4 atom stereocenters. The second-order valence-electron chi connectivity index (χ2n) is 13.5. The summed E-state index contributed by atoms with van der Waals surface area (Å²) in [5, 5.41) is 30.3. The summed E-state index contributed by atoms with van der Waals surface area (Å²) < 4.78 is 33.0. The van der Waals surface area contributed by atoms with Gasteiger partial charge in [0.1, 0.15) is 67.7 Å². The Morgan fingerprint density at radius 1 is 0.431 bits per heavy atom. The molecule has 0 heterocycles. The smallest absolute Gasteiger partial charge is 0.122 e. The topological polar surface area (TPSA) is 116 Å². The van der Waals surface area contributed by atoms with Crippen LogP contribution in [-0.4, -0.2) is 87.5 Å². The molecule has 0 aliphatic carbocycles. The molecule has 0 aliphatic rings. The molecular formula is C42H54O9. The summed E-state index contributed by atoms with van der Waals surface area (Å²) in [5.41, 5.74) is 4.06. The van der Waals surface area contributed by atoms with Crippen molar-refractivity contribution in [2.24, 2.45) is 0 Å². The lowest BCUT2D eigenvalue weighted by Gasteiger charge is -2.30. The number of benzene rings is 4. The number of hydrogen-bond donors (Lipinski definition) is 3. The largest absolute Gasteiger partial charge is 0.491 e. The number of rotatable bonds is 21. The van der Waals surface area contributed by atoms with Gasteiger partial charge in [0.25, 0.3) is 0 Å². The summed E-state index contributed by atoms with van der Waals surface area (Å²) in [4.78, 5) is 0. The van der Waals surface area contributed by atoms with Gasteiger partial charge in [0.15, 0.2) is 0 Å². The van der Waals surface area contributed by atoms with Gasteiger partial charge in [-0.15, -0.1) is 0 Å².